The van der Waals surface area contributed by atoms with Crippen molar-refractivity contribution in [2.75, 3.05) is 11.9 Å². The predicted molar refractivity (Wildman–Crippen MR) is 64.3 cm³/mol. The Morgan fingerprint density at radius 3 is 2.75 bits per heavy atom. The van der Waals surface area contributed by atoms with Crippen molar-refractivity contribution in [1.29, 1.82) is 0 Å². The van der Waals surface area contributed by atoms with Crippen molar-refractivity contribution >= 4 is 11.6 Å². The zero-order chi connectivity index (χ0) is 12.1. The number of amides is 1. The number of carbonyl (C=O) groups is 1. The normalized spacial score (nSPS) is 12.2. The Hall–Kier alpha value is -1.55. The quantitative estimate of drug-likeness (QED) is 0.678. The maximum absolute atomic E-state index is 11.8. The van der Waals surface area contributed by atoms with Crippen molar-refractivity contribution in [3.63, 3.8) is 0 Å². The molecule has 0 aliphatic rings. The van der Waals surface area contributed by atoms with E-state index in [2.05, 4.69) is 5.32 Å². The molecule has 88 valence electrons. The summed E-state index contributed by atoms with van der Waals surface area (Å²) < 4.78 is 0. The van der Waals surface area contributed by atoms with Gasteiger partial charge in [0.25, 0.3) is 0 Å². The van der Waals surface area contributed by atoms with Crippen LogP contribution in [0.2, 0.25) is 0 Å². The molecule has 0 saturated carbocycles. The van der Waals surface area contributed by atoms with E-state index in [4.69, 9.17) is 5.73 Å². The fourth-order valence-electron chi connectivity index (χ4n) is 1.48. The number of carbonyl (C=O) groups excluding carboxylic acids is 1. The van der Waals surface area contributed by atoms with Crippen LogP contribution in [0, 0.1) is 12.8 Å². The molecule has 1 rings (SSSR count). The third-order valence-electron chi connectivity index (χ3n) is 2.62. The molecule has 0 aliphatic carbocycles. The third kappa shape index (κ3) is 2.97. The van der Waals surface area contributed by atoms with Crippen LogP contribution in [0.4, 0.5) is 5.69 Å². The molecule has 16 heavy (non-hydrogen) atoms. The molecule has 0 radical (unpaired) electrons. The molecule has 0 aliphatic heterocycles. The van der Waals surface area contributed by atoms with Gasteiger partial charge in [0.1, 0.15) is 5.75 Å². The summed E-state index contributed by atoms with van der Waals surface area (Å²) in [5.74, 6) is -0.0339. The number of nitrogens with two attached hydrogens (primary N) is 1. The van der Waals surface area contributed by atoms with E-state index < -0.39 is 0 Å². The van der Waals surface area contributed by atoms with E-state index in [0.29, 0.717) is 6.54 Å². The molecule has 0 saturated heterocycles. The number of aromatic hydroxyl groups is 1. The van der Waals surface area contributed by atoms with Gasteiger partial charge in [-0.2, -0.15) is 0 Å². The molecule has 1 atom stereocenters. The molecule has 0 bridgehead atoms. The van der Waals surface area contributed by atoms with Gasteiger partial charge in [0.15, 0.2) is 0 Å². The van der Waals surface area contributed by atoms with Gasteiger partial charge in [0, 0.05) is 12.2 Å². The predicted octanol–water partition coefficient (Wildman–Crippen LogP) is 1.62. The van der Waals surface area contributed by atoms with Crippen LogP contribution in [-0.2, 0) is 4.79 Å². The van der Waals surface area contributed by atoms with Crippen molar-refractivity contribution in [3.8, 4) is 5.75 Å². The van der Waals surface area contributed by atoms with E-state index >= 15 is 0 Å². The summed E-state index contributed by atoms with van der Waals surface area (Å²) in [5.41, 5.74) is 7.05. The number of phenolic OH excluding ortho intramolecular Hbond substituents is 1. The van der Waals surface area contributed by atoms with Crippen LogP contribution in [0.15, 0.2) is 18.2 Å². The number of hydrogen-bond acceptors (Lipinski definition) is 3. The molecule has 0 spiro atoms. The Labute approximate surface area is 95.5 Å². The first-order chi connectivity index (χ1) is 7.58. The lowest BCUT2D eigenvalue weighted by atomic mass is 10.1. The molecule has 1 amide bonds. The summed E-state index contributed by atoms with van der Waals surface area (Å²) in [4.78, 5) is 11.8. The topological polar surface area (TPSA) is 75.4 Å². The van der Waals surface area contributed by atoms with Crippen LogP contribution >= 0.6 is 0 Å². The van der Waals surface area contributed by atoms with Gasteiger partial charge in [0.05, 0.1) is 5.92 Å². The second-order valence-electron chi connectivity index (χ2n) is 3.83. The minimum Gasteiger partial charge on any atom is -0.508 e. The lowest BCUT2D eigenvalue weighted by molar-refractivity contribution is -0.119. The molecule has 1 aromatic carbocycles. The summed E-state index contributed by atoms with van der Waals surface area (Å²) in [5, 5.41) is 12.0. The number of nitrogens with one attached hydrogen (secondary N) is 1. The monoisotopic (exact) mass is 222 g/mol. The number of rotatable bonds is 4. The van der Waals surface area contributed by atoms with Crippen molar-refractivity contribution in [2.45, 2.75) is 20.3 Å². The SMILES string of the molecule is CCC(CN)C(=O)Nc1ccc(O)cc1C. The zero-order valence-corrected chi connectivity index (χ0v) is 9.66. The molecular formula is C12H18N2O2. The Kier molecular flexibility index (Phi) is 4.31. The first-order valence-corrected chi connectivity index (χ1v) is 5.39. The first kappa shape index (κ1) is 12.5. The van der Waals surface area contributed by atoms with E-state index in [-0.39, 0.29) is 17.6 Å². The van der Waals surface area contributed by atoms with Gasteiger partial charge < -0.3 is 16.2 Å². The third-order valence-corrected chi connectivity index (χ3v) is 2.62. The summed E-state index contributed by atoms with van der Waals surface area (Å²) in [6, 6.07) is 4.84. The van der Waals surface area contributed by atoms with E-state index in [1.54, 1.807) is 18.2 Å². The highest BCUT2D eigenvalue weighted by Gasteiger charge is 2.15. The van der Waals surface area contributed by atoms with Crippen molar-refractivity contribution < 1.29 is 9.90 Å². The van der Waals surface area contributed by atoms with Gasteiger partial charge in [-0.25, -0.2) is 0 Å². The maximum atomic E-state index is 11.8. The van der Waals surface area contributed by atoms with E-state index in [1.807, 2.05) is 13.8 Å². The molecular weight excluding hydrogens is 204 g/mol. The fraction of sp³-hybridized carbons (Fsp3) is 0.417. The minimum atomic E-state index is -0.159. The van der Waals surface area contributed by atoms with Crippen LogP contribution < -0.4 is 11.1 Å². The average Bonchev–Trinajstić information content (AvgIpc) is 2.24. The lowest BCUT2D eigenvalue weighted by Crippen LogP contribution is -2.28. The smallest absolute Gasteiger partial charge is 0.228 e. The number of aryl methyl sites for hydroxylation is 1. The Balaban J connectivity index is 2.76. The average molecular weight is 222 g/mol. The molecule has 0 heterocycles. The zero-order valence-electron chi connectivity index (χ0n) is 9.66. The van der Waals surface area contributed by atoms with Crippen LogP contribution in [0.1, 0.15) is 18.9 Å². The molecule has 1 aromatic rings. The largest absolute Gasteiger partial charge is 0.508 e. The molecule has 0 aromatic heterocycles. The maximum Gasteiger partial charge on any atom is 0.228 e. The molecule has 1 unspecified atom stereocenters. The highest BCUT2D eigenvalue weighted by atomic mass is 16.3. The van der Waals surface area contributed by atoms with E-state index in [9.17, 15) is 9.90 Å². The molecule has 4 N–H and O–H groups in total. The van der Waals surface area contributed by atoms with Gasteiger partial charge in [-0.1, -0.05) is 6.92 Å². The van der Waals surface area contributed by atoms with Gasteiger partial charge >= 0.3 is 0 Å². The van der Waals surface area contributed by atoms with Crippen LogP contribution in [0.5, 0.6) is 5.75 Å². The standard InChI is InChI=1S/C12H18N2O2/c1-3-9(7-13)12(16)14-11-5-4-10(15)6-8(11)2/h4-6,9,15H,3,7,13H2,1-2H3,(H,14,16). The summed E-state index contributed by atoms with van der Waals surface area (Å²) in [6.45, 7) is 4.11. The highest BCUT2D eigenvalue weighted by Crippen LogP contribution is 2.20. The summed E-state index contributed by atoms with van der Waals surface area (Å²) >= 11 is 0. The van der Waals surface area contributed by atoms with Gasteiger partial charge in [-0.05, 0) is 37.1 Å². The number of phenols is 1. The van der Waals surface area contributed by atoms with Crippen LogP contribution in [0.3, 0.4) is 0 Å². The van der Waals surface area contributed by atoms with E-state index in [0.717, 1.165) is 17.7 Å². The van der Waals surface area contributed by atoms with E-state index in [1.165, 1.54) is 0 Å². The fourth-order valence-corrected chi connectivity index (χ4v) is 1.48. The number of hydrogen-bond donors (Lipinski definition) is 3. The molecule has 0 fully saturated rings. The Morgan fingerprint density at radius 2 is 2.25 bits per heavy atom. The van der Waals surface area contributed by atoms with Gasteiger partial charge in [-0.3, -0.25) is 4.79 Å². The van der Waals surface area contributed by atoms with Gasteiger partial charge in [0.2, 0.25) is 5.91 Å². The first-order valence-electron chi connectivity index (χ1n) is 5.39. The Bertz CT molecular complexity index is 373. The molecule has 4 nitrogen and oxygen atoms in total. The van der Waals surface area contributed by atoms with Gasteiger partial charge in [-0.15, -0.1) is 0 Å². The van der Waals surface area contributed by atoms with Crippen molar-refractivity contribution in [2.24, 2.45) is 11.7 Å². The molecule has 4 heteroatoms. The Morgan fingerprint density at radius 1 is 1.56 bits per heavy atom. The van der Waals surface area contributed by atoms with Crippen LogP contribution in [-0.4, -0.2) is 17.6 Å². The minimum absolute atomic E-state index is 0.0706. The number of anilines is 1. The number of benzene rings is 1. The van der Waals surface area contributed by atoms with Crippen molar-refractivity contribution in [3.05, 3.63) is 23.8 Å². The van der Waals surface area contributed by atoms with Crippen LogP contribution in [0.25, 0.3) is 0 Å². The second kappa shape index (κ2) is 5.51. The second-order valence-corrected chi connectivity index (χ2v) is 3.83. The highest BCUT2D eigenvalue weighted by molar-refractivity contribution is 5.93. The summed E-state index contributed by atoms with van der Waals surface area (Å²) in [6.07, 6.45) is 0.722. The lowest BCUT2D eigenvalue weighted by Gasteiger charge is -2.14. The summed E-state index contributed by atoms with van der Waals surface area (Å²) in [7, 11) is 0. The van der Waals surface area contributed by atoms with Crippen molar-refractivity contribution in [1.82, 2.24) is 0 Å².